The molecule has 1 aromatic carbocycles. The van der Waals surface area contributed by atoms with Gasteiger partial charge in [-0.15, -0.1) is 0 Å². The average molecular weight is 408 g/mol. The minimum Gasteiger partial charge on any atom is -0.478 e. The molecule has 0 fully saturated rings. The molecule has 6 nitrogen and oxygen atoms in total. The molecule has 1 heterocycles. The largest absolute Gasteiger partial charge is 0.478 e. The van der Waals surface area contributed by atoms with E-state index in [1.54, 1.807) is 0 Å². The Morgan fingerprint density at radius 3 is 2.41 bits per heavy atom. The molecule has 0 amide bonds. The molecular formula is C20H19F3N2O4. The number of allylic oxidation sites excluding steroid dienone is 2. The molecule has 1 aliphatic heterocycles. The zero-order valence-electron chi connectivity index (χ0n) is 15.8. The van der Waals surface area contributed by atoms with Crippen LogP contribution in [0.1, 0.15) is 43.7 Å². The second kappa shape index (κ2) is 8.82. The number of carboxylic acid groups (broad SMARTS) is 1. The molecule has 0 saturated carbocycles. The number of alkyl halides is 3. The summed E-state index contributed by atoms with van der Waals surface area (Å²) in [5.41, 5.74) is -1.60. The minimum atomic E-state index is -4.74. The van der Waals surface area contributed by atoms with E-state index in [1.807, 2.05) is 6.07 Å². The number of hydrogen-bond donors (Lipinski definition) is 2. The van der Waals surface area contributed by atoms with Crippen LogP contribution >= 0.6 is 0 Å². The lowest BCUT2D eigenvalue weighted by molar-refractivity contribution is -0.141. The number of carboxylic acids is 1. The topological polar surface area (TPSA) is 99.4 Å². The summed E-state index contributed by atoms with van der Waals surface area (Å²) >= 11 is 0. The lowest BCUT2D eigenvalue weighted by Crippen LogP contribution is -2.32. The molecule has 29 heavy (non-hydrogen) atoms. The number of esters is 1. The highest BCUT2D eigenvalue weighted by molar-refractivity contribution is 5.99. The van der Waals surface area contributed by atoms with Crippen molar-refractivity contribution >= 4 is 11.9 Å². The number of hydrogen-bond acceptors (Lipinski definition) is 5. The molecule has 0 saturated heterocycles. The van der Waals surface area contributed by atoms with Crippen molar-refractivity contribution in [1.29, 1.82) is 5.26 Å². The number of halogens is 3. The lowest BCUT2D eigenvalue weighted by atomic mass is 9.78. The van der Waals surface area contributed by atoms with Gasteiger partial charge in [-0.2, -0.15) is 18.4 Å². The quantitative estimate of drug-likeness (QED) is 0.548. The maximum Gasteiger partial charge on any atom is 0.416 e. The number of unbranched alkanes of at least 4 members (excludes halogenated alkanes) is 1. The summed E-state index contributed by atoms with van der Waals surface area (Å²) < 4.78 is 45.9. The molecule has 1 aliphatic rings. The van der Waals surface area contributed by atoms with Crippen LogP contribution in [0.3, 0.4) is 0 Å². The number of dihydropyridines is 1. The van der Waals surface area contributed by atoms with Crippen LogP contribution in [0, 0.1) is 11.3 Å². The van der Waals surface area contributed by atoms with E-state index >= 15 is 0 Å². The molecule has 0 spiro atoms. The molecule has 2 rings (SSSR count). The first kappa shape index (κ1) is 22.0. The Morgan fingerprint density at radius 2 is 1.83 bits per heavy atom. The second-order valence-corrected chi connectivity index (χ2v) is 6.42. The van der Waals surface area contributed by atoms with E-state index in [0.717, 1.165) is 12.1 Å². The van der Waals surface area contributed by atoms with Crippen LogP contribution < -0.4 is 5.32 Å². The van der Waals surface area contributed by atoms with Crippen molar-refractivity contribution in [3.05, 3.63) is 57.9 Å². The van der Waals surface area contributed by atoms with Crippen LogP contribution in [0.25, 0.3) is 0 Å². The fourth-order valence-electron chi connectivity index (χ4n) is 3.26. The lowest BCUT2D eigenvalue weighted by Gasteiger charge is -2.31. The van der Waals surface area contributed by atoms with Crippen LogP contribution in [0.2, 0.25) is 0 Å². The highest BCUT2D eigenvalue weighted by atomic mass is 19.4. The predicted molar refractivity (Wildman–Crippen MR) is 96.2 cm³/mol. The first-order chi connectivity index (χ1) is 13.6. The fraction of sp³-hybridized carbons (Fsp3) is 0.350. The Bertz CT molecular complexity index is 926. The summed E-state index contributed by atoms with van der Waals surface area (Å²) in [6.07, 6.45) is -4.34. The number of carbonyl (C=O) groups is 2. The highest BCUT2D eigenvalue weighted by Crippen LogP contribution is 2.44. The van der Waals surface area contributed by atoms with Crippen LogP contribution in [0.15, 0.2) is 46.8 Å². The summed E-state index contributed by atoms with van der Waals surface area (Å²) in [5, 5.41) is 21.0. The Hall–Kier alpha value is -3.28. The summed E-state index contributed by atoms with van der Waals surface area (Å²) in [5.74, 6) is -3.84. The summed E-state index contributed by atoms with van der Waals surface area (Å²) in [6, 6.07) is 6.44. The van der Waals surface area contributed by atoms with Gasteiger partial charge in [0.05, 0.1) is 35.3 Å². The van der Waals surface area contributed by atoms with Gasteiger partial charge < -0.3 is 15.2 Å². The molecule has 9 heteroatoms. The number of nitrogens with one attached hydrogen (secondary N) is 1. The van der Waals surface area contributed by atoms with Crippen molar-refractivity contribution in [1.82, 2.24) is 5.32 Å². The van der Waals surface area contributed by atoms with E-state index in [1.165, 1.54) is 26.0 Å². The third kappa shape index (κ3) is 4.77. The summed E-state index contributed by atoms with van der Waals surface area (Å²) in [6.45, 7) is 2.78. The van der Waals surface area contributed by atoms with Gasteiger partial charge in [-0.25, -0.2) is 9.59 Å². The first-order valence-corrected chi connectivity index (χ1v) is 8.71. The van der Waals surface area contributed by atoms with Crippen LogP contribution in [0.4, 0.5) is 13.2 Å². The van der Waals surface area contributed by atoms with E-state index in [4.69, 9.17) is 10.00 Å². The zero-order chi connectivity index (χ0) is 21.8. The van der Waals surface area contributed by atoms with Gasteiger partial charge in [0.15, 0.2) is 0 Å². The number of nitrogens with zero attached hydrogens (tertiary/aromatic N) is 1. The average Bonchev–Trinajstić information content (AvgIpc) is 2.63. The van der Waals surface area contributed by atoms with Crippen LogP contribution in [-0.4, -0.2) is 23.7 Å². The van der Waals surface area contributed by atoms with E-state index in [9.17, 15) is 27.9 Å². The number of ether oxygens (including phenoxy) is 1. The molecular weight excluding hydrogens is 389 g/mol. The van der Waals surface area contributed by atoms with Crippen LogP contribution in [-0.2, 0) is 20.5 Å². The van der Waals surface area contributed by atoms with Crippen molar-refractivity contribution < 1.29 is 32.6 Å². The smallest absolute Gasteiger partial charge is 0.416 e. The molecule has 1 aromatic rings. The molecule has 0 radical (unpaired) electrons. The van der Waals surface area contributed by atoms with Crippen molar-refractivity contribution in [3.63, 3.8) is 0 Å². The summed E-state index contributed by atoms with van der Waals surface area (Å²) in [7, 11) is 0. The maximum absolute atomic E-state index is 13.6. The monoisotopic (exact) mass is 408 g/mol. The third-order valence-electron chi connectivity index (χ3n) is 4.45. The van der Waals surface area contributed by atoms with Gasteiger partial charge in [-0.1, -0.05) is 18.2 Å². The van der Waals surface area contributed by atoms with Crippen molar-refractivity contribution in [2.45, 2.75) is 38.8 Å². The van der Waals surface area contributed by atoms with Gasteiger partial charge in [-0.05, 0) is 31.9 Å². The molecule has 0 aromatic heterocycles. The van der Waals surface area contributed by atoms with Gasteiger partial charge in [0.1, 0.15) is 0 Å². The number of nitriles is 1. The second-order valence-electron chi connectivity index (χ2n) is 6.42. The van der Waals surface area contributed by atoms with Crippen molar-refractivity contribution in [2.24, 2.45) is 0 Å². The predicted octanol–water partition coefficient (Wildman–Crippen LogP) is 3.87. The van der Waals surface area contributed by atoms with Gasteiger partial charge in [0, 0.05) is 17.8 Å². The molecule has 1 atom stereocenters. The number of aliphatic carboxylic acids is 1. The Kier molecular flexibility index (Phi) is 6.69. The fourth-order valence-corrected chi connectivity index (χ4v) is 3.26. The molecule has 2 N–H and O–H groups in total. The standard InChI is InChI=1S/C20H19F3N2O4/c1-11-15(18(26)27)17(13-7-3-4-8-14(13)20(21,22)23)16(12(2)25-11)19(28)29-10-6-5-9-24/h3-4,7-8,17,25H,5-6,10H2,1-2H3,(H,26,27). The Morgan fingerprint density at radius 1 is 1.21 bits per heavy atom. The number of rotatable bonds is 6. The van der Waals surface area contributed by atoms with E-state index in [-0.39, 0.29) is 47.6 Å². The molecule has 1 unspecified atom stereocenters. The Balaban J connectivity index is 2.61. The van der Waals surface area contributed by atoms with E-state index in [0.29, 0.717) is 0 Å². The van der Waals surface area contributed by atoms with Gasteiger partial charge in [-0.3, -0.25) is 0 Å². The van der Waals surface area contributed by atoms with Gasteiger partial charge in [0.25, 0.3) is 0 Å². The molecule has 0 bridgehead atoms. The minimum absolute atomic E-state index is 0.109. The summed E-state index contributed by atoms with van der Waals surface area (Å²) in [4.78, 5) is 24.6. The molecule has 0 aliphatic carbocycles. The third-order valence-corrected chi connectivity index (χ3v) is 4.45. The number of benzene rings is 1. The normalized spacial score (nSPS) is 16.9. The van der Waals surface area contributed by atoms with E-state index in [2.05, 4.69) is 5.32 Å². The van der Waals surface area contributed by atoms with Crippen molar-refractivity contribution in [2.75, 3.05) is 6.61 Å². The SMILES string of the molecule is CC1=C(C(=O)O)C(c2ccccc2C(F)(F)F)C(C(=O)OCCCC#N)=C(C)N1. The van der Waals surface area contributed by atoms with Gasteiger partial charge in [0.2, 0.25) is 0 Å². The van der Waals surface area contributed by atoms with Crippen LogP contribution in [0.5, 0.6) is 0 Å². The van der Waals surface area contributed by atoms with Gasteiger partial charge >= 0.3 is 18.1 Å². The molecule has 154 valence electrons. The Labute approximate surface area is 165 Å². The van der Waals surface area contributed by atoms with E-state index < -0.39 is 29.6 Å². The number of carbonyl (C=O) groups excluding carboxylic acids is 1. The highest BCUT2D eigenvalue weighted by Gasteiger charge is 2.42. The van der Waals surface area contributed by atoms with Crippen molar-refractivity contribution in [3.8, 4) is 6.07 Å². The zero-order valence-corrected chi connectivity index (χ0v) is 15.8. The first-order valence-electron chi connectivity index (χ1n) is 8.71. The maximum atomic E-state index is 13.6.